The number of amides is 3. The number of imidazole rings is 1. The van der Waals surface area contributed by atoms with Crippen molar-refractivity contribution in [3.05, 3.63) is 54.1 Å². The van der Waals surface area contributed by atoms with Crippen LogP contribution >= 0.6 is 0 Å². The Bertz CT molecular complexity index is 1130. The van der Waals surface area contributed by atoms with Gasteiger partial charge in [-0.15, -0.1) is 0 Å². The molecule has 1 aromatic heterocycles. The largest absolute Gasteiger partial charge is 0.480 e. The van der Waals surface area contributed by atoms with Gasteiger partial charge in [0.25, 0.3) is 0 Å². The molecule has 1 heterocycles. The van der Waals surface area contributed by atoms with Crippen LogP contribution in [0.5, 0.6) is 0 Å². The lowest BCUT2D eigenvalue weighted by atomic mass is 10.00. The number of nitrogens with one attached hydrogen (secondary N) is 4. The minimum absolute atomic E-state index is 0.0289. The van der Waals surface area contributed by atoms with E-state index in [2.05, 4.69) is 30.9 Å². The Labute approximate surface area is 232 Å². The second kappa shape index (κ2) is 15.8. The number of aliphatic carboxylic acids is 1. The first kappa shape index (κ1) is 31.8. The van der Waals surface area contributed by atoms with Crippen molar-refractivity contribution < 1.29 is 24.3 Å². The Hall–Kier alpha value is -4.46. The molecule has 0 spiro atoms. The second-order valence-corrected chi connectivity index (χ2v) is 9.72. The summed E-state index contributed by atoms with van der Waals surface area (Å²) >= 11 is 0. The van der Waals surface area contributed by atoms with Crippen LogP contribution in [0, 0.1) is 5.92 Å². The van der Waals surface area contributed by atoms with E-state index in [0.717, 1.165) is 5.56 Å². The Morgan fingerprint density at radius 2 is 1.65 bits per heavy atom. The van der Waals surface area contributed by atoms with Crippen LogP contribution in [-0.4, -0.2) is 75.4 Å². The van der Waals surface area contributed by atoms with Gasteiger partial charge in [-0.2, -0.15) is 0 Å². The number of nitrogens with two attached hydrogens (primary N) is 3. The first-order valence-corrected chi connectivity index (χ1v) is 12.9. The lowest BCUT2D eigenvalue weighted by molar-refractivity contribution is -0.142. The minimum Gasteiger partial charge on any atom is -0.480 e. The Morgan fingerprint density at radius 3 is 2.23 bits per heavy atom. The number of guanidine groups is 1. The minimum atomic E-state index is -1.26. The van der Waals surface area contributed by atoms with Crippen molar-refractivity contribution in [3.63, 3.8) is 0 Å². The summed E-state index contributed by atoms with van der Waals surface area (Å²) in [6.07, 6.45) is 3.70. The molecular formula is C26H39N9O5. The van der Waals surface area contributed by atoms with E-state index in [0.29, 0.717) is 25.1 Å². The van der Waals surface area contributed by atoms with E-state index < -0.39 is 47.9 Å². The maximum Gasteiger partial charge on any atom is 0.326 e. The summed E-state index contributed by atoms with van der Waals surface area (Å²) in [5.74, 6) is -3.46. The fraction of sp³-hybridized carbons (Fsp3) is 0.462. The second-order valence-electron chi connectivity index (χ2n) is 9.72. The van der Waals surface area contributed by atoms with E-state index >= 15 is 0 Å². The highest BCUT2D eigenvalue weighted by atomic mass is 16.4. The monoisotopic (exact) mass is 557 g/mol. The van der Waals surface area contributed by atoms with Crippen LogP contribution in [0.25, 0.3) is 0 Å². The average Bonchev–Trinajstić information content (AvgIpc) is 3.42. The Balaban J connectivity index is 2.14. The third-order valence-electron chi connectivity index (χ3n) is 6.06. The molecule has 2 rings (SSSR count). The van der Waals surface area contributed by atoms with E-state index in [1.165, 1.54) is 12.5 Å². The van der Waals surface area contributed by atoms with E-state index in [-0.39, 0.29) is 24.7 Å². The molecule has 0 aliphatic carbocycles. The third kappa shape index (κ3) is 10.7. The summed E-state index contributed by atoms with van der Waals surface area (Å²) in [4.78, 5) is 61.7. The summed E-state index contributed by atoms with van der Waals surface area (Å²) in [5.41, 5.74) is 17.8. The summed E-state index contributed by atoms with van der Waals surface area (Å²) < 4.78 is 0. The highest BCUT2D eigenvalue weighted by molar-refractivity contribution is 5.94. The fourth-order valence-electron chi connectivity index (χ4n) is 3.85. The van der Waals surface area contributed by atoms with Crippen LogP contribution in [0.3, 0.4) is 0 Å². The number of aromatic amines is 1. The van der Waals surface area contributed by atoms with Crippen molar-refractivity contribution >= 4 is 29.7 Å². The van der Waals surface area contributed by atoms with Crippen molar-refractivity contribution in [3.8, 4) is 0 Å². The van der Waals surface area contributed by atoms with Gasteiger partial charge < -0.3 is 43.2 Å². The Morgan fingerprint density at radius 1 is 0.975 bits per heavy atom. The maximum absolute atomic E-state index is 13.3. The predicted octanol–water partition coefficient (Wildman–Crippen LogP) is -1.23. The van der Waals surface area contributed by atoms with Crippen molar-refractivity contribution in [1.29, 1.82) is 0 Å². The molecule has 1 aromatic carbocycles. The van der Waals surface area contributed by atoms with Crippen LogP contribution in [0.1, 0.15) is 37.9 Å². The summed E-state index contributed by atoms with van der Waals surface area (Å²) in [6.45, 7) is 3.79. The van der Waals surface area contributed by atoms with Crippen LogP contribution in [0.4, 0.5) is 0 Å². The number of nitrogens with zero attached hydrogens (tertiary/aromatic N) is 2. The molecule has 0 bridgehead atoms. The molecule has 0 aliphatic rings. The first-order valence-electron chi connectivity index (χ1n) is 12.9. The molecule has 11 N–H and O–H groups in total. The number of aromatic nitrogens is 2. The molecule has 3 amide bonds. The molecule has 0 fully saturated rings. The number of H-pyrrole nitrogens is 1. The lowest BCUT2D eigenvalue weighted by Crippen LogP contribution is -2.59. The van der Waals surface area contributed by atoms with Gasteiger partial charge in [-0.25, -0.2) is 9.78 Å². The number of hydrogen-bond donors (Lipinski definition) is 8. The number of carbonyl (C=O) groups excluding carboxylic acids is 3. The number of rotatable bonds is 16. The predicted molar refractivity (Wildman–Crippen MR) is 149 cm³/mol. The van der Waals surface area contributed by atoms with Crippen molar-refractivity contribution in [2.75, 3.05) is 6.54 Å². The van der Waals surface area contributed by atoms with Crippen LogP contribution in [0.2, 0.25) is 0 Å². The molecule has 40 heavy (non-hydrogen) atoms. The van der Waals surface area contributed by atoms with Gasteiger partial charge >= 0.3 is 5.97 Å². The maximum atomic E-state index is 13.3. The number of aliphatic imine (C=N–C) groups is 1. The number of hydrogen-bond acceptors (Lipinski definition) is 7. The molecule has 14 nitrogen and oxygen atoms in total. The van der Waals surface area contributed by atoms with Gasteiger partial charge in [-0.1, -0.05) is 44.2 Å². The number of carboxylic acids is 1. The molecule has 2 aromatic rings. The smallest absolute Gasteiger partial charge is 0.326 e. The van der Waals surface area contributed by atoms with Gasteiger partial charge in [0.2, 0.25) is 17.7 Å². The number of carbonyl (C=O) groups is 4. The van der Waals surface area contributed by atoms with E-state index in [4.69, 9.17) is 17.2 Å². The third-order valence-corrected chi connectivity index (χ3v) is 6.06. The summed E-state index contributed by atoms with van der Waals surface area (Å²) in [5, 5.41) is 17.5. The van der Waals surface area contributed by atoms with Gasteiger partial charge in [0.05, 0.1) is 12.4 Å². The van der Waals surface area contributed by atoms with E-state index in [1.54, 1.807) is 38.1 Å². The molecule has 14 heteroatoms. The van der Waals surface area contributed by atoms with Crippen molar-refractivity contribution in [2.45, 2.75) is 63.7 Å². The summed E-state index contributed by atoms with van der Waals surface area (Å²) in [6, 6.07) is 4.68. The van der Waals surface area contributed by atoms with Crippen molar-refractivity contribution in [2.24, 2.45) is 28.1 Å². The van der Waals surface area contributed by atoms with Crippen LogP contribution in [0.15, 0.2) is 47.8 Å². The molecule has 0 saturated heterocycles. The topological polar surface area (TPSA) is 244 Å². The molecule has 4 atom stereocenters. The van der Waals surface area contributed by atoms with Gasteiger partial charge in [0, 0.05) is 31.3 Å². The highest BCUT2D eigenvalue weighted by Gasteiger charge is 2.32. The average molecular weight is 558 g/mol. The SMILES string of the molecule is CC(C)C(NC(=O)C(N)CCCN=C(N)N)C(=O)NC(Cc1ccccc1)C(=O)NC(Cc1cnc[nH]1)C(=O)O. The Kier molecular flexibility index (Phi) is 12.6. The van der Waals surface area contributed by atoms with Crippen molar-refractivity contribution in [1.82, 2.24) is 25.9 Å². The van der Waals surface area contributed by atoms with Gasteiger partial charge in [-0.3, -0.25) is 19.4 Å². The zero-order valence-electron chi connectivity index (χ0n) is 22.7. The van der Waals surface area contributed by atoms with Crippen LogP contribution < -0.4 is 33.2 Å². The molecular weight excluding hydrogens is 518 g/mol. The number of benzene rings is 1. The number of carboxylic acid groups (broad SMARTS) is 1. The molecule has 0 aliphatic heterocycles. The van der Waals surface area contributed by atoms with Gasteiger partial charge in [-0.05, 0) is 24.3 Å². The molecule has 4 unspecified atom stereocenters. The van der Waals surface area contributed by atoms with E-state index in [9.17, 15) is 24.3 Å². The molecule has 0 saturated carbocycles. The normalized spacial score (nSPS) is 13.9. The fourth-order valence-corrected chi connectivity index (χ4v) is 3.85. The zero-order chi connectivity index (χ0) is 29.7. The first-order chi connectivity index (χ1) is 19.0. The zero-order valence-corrected chi connectivity index (χ0v) is 22.7. The lowest BCUT2D eigenvalue weighted by Gasteiger charge is -2.27. The highest BCUT2D eigenvalue weighted by Crippen LogP contribution is 2.09. The molecule has 0 radical (unpaired) electrons. The molecule has 218 valence electrons. The summed E-state index contributed by atoms with van der Waals surface area (Å²) in [7, 11) is 0. The standard InChI is InChI=1S/C26H39N9O5/c1-15(2)21(35-22(36)18(27)9-6-10-31-26(28)29)24(38)33-19(11-16-7-4-3-5-8-16)23(37)34-20(25(39)40)12-17-13-30-14-32-17/h3-5,7-8,13-15,18-21H,6,9-12,27H2,1-2H3,(H,30,32)(H,33,38)(H,34,37)(H,35,36)(H,39,40)(H4,28,29,31). The quantitative estimate of drug-likeness (QED) is 0.0698. The van der Waals surface area contributed by atoms with Crippen LogP contribution in [-0.2, 0) is 32.0 Å². The van der Waals surface area contributed by atoms with E-state index in [1.807, 2.05) is 6.07 Å². The van der Waals surface area contributed by atoms with Gasteiger partial charge in [0.1, 0.15) is 18.1 Å². The van der Waals surface area contributed by atoms with Gasteiger partial charge in [0.15, 0.2) is 5.96 Å².